The van der Waals surface area contributed by atoms with E-state index in [0.717, 1.165) is 17.5 Å². The Hall–Kier alpha value is -4.40. The molecule has 0 unspecified atom stereocenters. The van der Waals surface area contributed by atoms with E-state index in [4.69, 9.17) is 9.47 Å². The molecule has 3 aromatic carbocycles. The van der Waals surface area contributed by atoms with Gasteiger partial charge in [-0.3, -0.25) is 14.5 Å². The molecule has 0 aliphatic rings. The summed E-state index contributed by atoms with van der Waals surface area (Å²) in [5.74, 6) is 0.141. The number of fused-ring (bicyclic) bond motifs is 1. The molecule has 9 nitrogen and oxygen atoms in total. The largest absolute Gasteiger partial charge is 0.493 e. The molecule has 1 atom stereocenters. The zero-order valence-corrected chi connectivity index (χ0v) is 23.3. The lowest BCUT2D eigenvalue weighted by Crippen LogP contribution is -2.50. The average molecular weight is 530 g/mol. The molecule has 1 N–H and O–H groups in total. The van der Waals surface area contributed by atoms with Crippen LogP contribution in [-0.4, -0.2) is 46.6 Å². The molecule has 1 aromatic heterocycles. The van der Waals surface area contributed by atoms with Crippen molar-refractivity contribution in [1.29, 1.82) is 0 Å². The SMILES string of the molecule is CCc1ccc(N(C(=O)Cn2nnc3ccccc32)[C@H](C(=O)NC(C)(C)C)c2cccc(OC)c2OC)cc1. The van der Waals surface area contributed by atoms with Gasteiger partial charge in [0, 0.05) is 16.8 Å². The van der Waals surface area contributed by atoms with Crippen molar-refractivity contribution in [2.45, 2.75) is 52.2 Å². The van der Waals surface area contributed by atoms with Crippen molar-refractivity contribution >= 4 is 28.5 Å². The van der Waals surface area contributed by atoms with Gasteiger partial charge in [0.25, 0.3) is 0 Å². The highest BCUT2D eigenvalue weighted by molar-refractivity contribution is 6.02. The highest BCUT2D eigenvalue weighted by Gasteiger charge is 2.37. The Labute approximate surface area is 228 Å². The molecule has 0 saturated carbocycles. The number of anilines is 1. The van der Waals surface area contributed by atoms with Crippen molar-refractivity contribution in [3.8, 4) is 11.5 Å². The van der Waals surface area contributed by atoms with Crippen LogP contribution in [0.25, 0.3) is 11.0 Å². The Balaban J connectivity index is 1.90. The summed E-state index contributed by atoms with van der Waals surface area (Å²) >= 11 is 0. The number of para-hydroxylation sites is 2. The van der Waals surface area contributed by atoms with Gasteiger partial charge in [0.1, 0.15) is 18.1 Å². The van der Waals surface area contributed by atoms with Crippen molar-refractivity contribution in [2.24, 2.45) is 0 Å². The van der Waals surface area contributed by atoms with E-state index < -0.39 is 11.6 Å². The molecule has 0 bridgehead atoms. The summed E-state index contributed by atoms with van der Waals surface area (Å²) in [6, 6.07) is 19.3. The summed E-state index contributed by atoms with van der Waals surface area (Å²) in [5.41, 5.74) is 3.03. The molecule has 0 aliphatic carbocycles. The molecule has 9 heteroatoms. The maximum atomic E-state index is 14.2. The van der Waals surface area contributed by atoms with Gasteiger partial charge in [-0.05, 0) is 63.1 Å². The van der Waals surface area contributed by atoms with Gasteiger partial charge in [-0.25, -0.2) is 4.68 Å². The second kappa shape index (κ2) is 11.6. The van der Waals surface area contributed by atoms with Crippen molar-refractivity contribution in [3.05, 3.63) is 77.9 Å². The molecule has 39 heavy (non-hydrogen) atoms. The lowest BCUT2D eigenvalue weighted by molar-refractivity contribution is -0.128. The predicted octanol–water partition coefficient (Wildman–Crippen LogP) is 4.70. The van der Waals surface area contributed by atoms with Crippen LogP contribution in [0.2, 0.25) is 0 Å². The number of rotatable bonds is 9. The number of amides is 2. The van der Waals surface area contributed by atoms with Gasteiger partial charge in [0.2, 0.25) is 11.8 Å². The van der Waals surface area contributed by atoms with E-state index in [0.29, 0.717) is 28.3 Å². The number of aromatic nitrogens is 3. The minimum absolute atomic E-state index is 0.123. The Morgan fingerprint density at radius 2 is 1.69 bits per heavy atom. The van der Waals surface area contributed by atoms with Crippen LogP contribution in [0, 0.1) is 0 Å². The first kappa shape index (κ1) is 27.6. The normalized spacial score (nSPS) is 12.2. The van der Waals surface area contributed by atoms with E-state index in [9.17, 15) is 9.59 Å². The molecule has 0 radical (unpaired) electrons. The van der Waals surface area contributed by atoms with E-state index in [1.165, 1.54) is 19.1 Å². The lowest BCUT2D eigenvalue weighted by Gasteiger charge is -2.34. The number of nitrogens with one attached hydrogen (secondary N) is 1. The van der Waals surface area contributed by atoms with Crippen LogP contribution in [0.5, 0.6) is 11.5 Å². The number of benzene rings is 3. The summed E-state index contributed by atoms with van der Waals surface area (Å²) in [7, 11) is 3.05. The van der Waals surface area contributed by atoms with Crippen LogP contribution in [-0.2, 0) is 22.6 Å². The zero-order valence-electron chi connectivity index (χ0n) is 23.3. The van der Waals surface area contributed by atoms with Crippen LogP contribution in [0.15, 0.2) is 66.7 Å². The van der Waals surface area contributed by atoms with Crippen molar-refractivity contribution < 1.29 is 19.1 Å². The quantitative estimate of drug-likeness (QED) is 0.338. The Morgan fingerprint density at radius 3 is 2.33 bits per heavy atom. The zero-order chi connectivity index (χ0) is 28.2. The molecule has 0 aliphatic heterocycles. The Kier molecular flexibility index (Phi) is 8.18. The summed E-state index contributed by atoms with van der Waals surface area (Å²) < 4.78 is 12.8. The minimum Gasteiger partial charge on any atom is -0.493 e. The van der Waals surface area contributed by atoms with Gasteiger partial charge >= 0.3 is 0 Å². The van der Waals surface area contributed by atoms with Crippen molar-refractivity contribution in [1.82, 2.24) is 20.3 Å². The highest BCUT2D eigenvalue weighted by Crippen LogP contribution is 2.39. The molecule has 2 amide bonds. The molecule has 204 valence electrons. The van der Waals surface area contributed by atoms with Gasteiger partial charge in [0.15, 0.2) is 11.5 Å². The standard InChI is InChI=1S/C30H35N5O4/c1-7-20-15-17-21(18-16-20)35(26(36)19-34-24-13-9-8-12-23(24)32-33-34)27(29(37)31-30(2,3)4)22-11-10-14-25(38-5)28(22)39-6/h8-18,27H,7,19H2,1-6H3,(H,31,37)/t27-/m0/s1. The third kappa shape index (κ3) is 6.03. The fourth-order valence-corrected chi connectivity index (χ4v) is 4.53. The topological polar surface area (TPSA) is 98.6 Å². The monoisotopic (exact) mass is 529 g/mol. The molecule has 0 saturated heterocycles. The first-order valence-electron chi connectivity index (χ1n) is 12.9. The number of carbonyl (C=O) groups is 2. The third-order valence-corrected chi connectivity index (χ3v) is 6.33. The first-order chi connectivity index (χ1) is 18.7. The van der Waals surface area contributed by atoms with Gasteiger partial charge < -0.3 is 14.8 Å². The molecule has 1 heterocycles. The molecular weight excluding hydrogens is 494 g/mol. The van der Waals surface area contributed by atoms with E-state index >= 15 is 0 Å². The van der Waals surface area contributed by atoms with E-state index in [-0.39, 0.29) is 18.4 Å². The summed E-state index contributed by atoms with van der Waals surface area (Å²) in [6.45, 7) is 7.63. The van der Waals surface area contributed by atoms with E-state index in [1.54, 1.807) is 22.9 Å². The molecule has 0 fully saturated rings. The summed E-state index contributed by atoms with van der Waals surface area (Å²) in [5, 5.41) is 11.5. The molecule has 0 spiro atoms. The summed E-state index contributed by atoms with van der Waals surface area (Å²) in [6.07, 6.45) is 0.844. The number of carbonyl (C=O) groups excluding carboxylic acids is 2. The third-order valence-electron chi connectivity index (χ3n) is 6.33. The van der Waals surface area contributed by atoms with Crippen LogP contribution in [0.1, 0.15) is 44.9 Å². The number of nitrogens with zero attached hydrogens (tertiary/aromatic N) is 4. The Bertz CT molecular complexity index is 1460. The number of ether oxygens (including phenoxy) is 2. The molecular formula is C30H35N5O4. The van der Waals surface area contributed by atoms with E-state index in [2.05, 4.69) is 22.6 Å². The van der Waals surface area contributed by atoms with Gasteiger partial charge in [0.05, 0.1) is 19.7 Å². The lowest BCUT2D eigenvalue weighted by atomic mass is 9.99. The number of hydrogen-bond acceptors (Lipinski definition) is 6. The van der Waals surface area contributed by atoms with Gasteiger partial charge in [-0.15, -0.1) is 5.10 Å². The van der Waals surface area contributed by atoms with Crippen LogP contribution >= 0.6 is 0 Å². The van der Waals surface area contributed by atoms with Crippen LogP contribution in [0.4, 0.5) is 5.69 Å². The molecule has 4 aromatic rings. The minimum atomic E-state index is -1.07. The number of methoxy groups -OCH3 is 2. The fourth-order valence-electron chi connectivity index (χ4n) is 4.53. The van der Waals surface area contributed by atoms with Crippen molar-refractivity contribution in [2.75, 3.05) is 19.1 Å². The molecule has 4 rings (SSSR count). The van der Waals surface area contributed by atoms with Gasteiger partial charge in [-0.2, -0.15) is 0 Å². The fraction of sp³-hybridized carbons (Fsp3) is 0.333. The highest BCUT2D eigenvalue weighted by atomic mass is 16.5. The van der Waals surface area contributed by atoms with E-state index in [1.807, 2.05) is 69.3 Å². The average Bonchev–Trinajstić information content (AvgIpc) is 3.32. The number of aryl methyl sites for hydroxylation is 1. The maximum Gasteiger partial charge on any atom is 0.249 e. The van der Waals surface area contributed by atoms with Gasteiger partial charge in [-0.1, -0.05) is 48.5 Å². The maximum absolute atomic E-state index is 14.2. The second-order valence-electron chi connectivity index (χ2n) is 10.2. The Morgan fingerprint density at radius 1 is 0.974 bits per heavy atom. The van der Waals surface area contributed by atoms with Crippen LogP contribution in [0.3, 0.4) is 0 Å². The number of hydrogen-bond donors (Lipinski definition) is 1. The summed E-state index contributed by atoms with van der Waals surface area (Å²) in [4.78, 5) is 29.8. The van der Waals surface area contributed by atoms with Crippen molar-refractivity contribution in [3.63, 3.8) is 0 Å². The second-order valence-corrected chi connectivity index (χ2v) is 10.2. The van der Waals surface area contributed by atoms with Crippen LogP contribution < -0.4 is 19.7 Å². The smallest absolute Gasteiger partial charge is 0.249 e. The first-order valence-corrected chi connectivity index (χ1v) is 12.9. The predicted molar refractivity (Wildman–Crippen MR) is 151 cm³/mol.